The van der Waals surface area contributed by atoms with Crippen LogP contribution in [-0.2, 0) is 4.79 Å². The maximum Gasteiger partial charge on any atom is 0.259 e. The lowest BCUT2D eigenvalue weighted by atomic mass is 10.5. The van der Waals surface area contributed by atoms with E-state index in [1.165, 1.54) is 4.90 Å². The molecule has 1 aromatic heterocycles. The molecule has 0 aromatic carbocycles. The van der Waals surface area contributed by atoms with Crippen LogP contribution in [0.25, 0.3) is 0 Å². The van der Waals surface area contributed by atoms with E-state index in [2.05, 4.69) is 9.97 Å². The van der Waals surface area contributed by atoms with Crippen LogP contribution in [0.15, 0.2) is 12.4 Å². The van der Waals surface area contributed by atoms with Gasteiger partial charge < -0.3 is 9.64 Å². The van der Waals surface area contributed by atoms with Gasteiger partial charge in [-0.1, -0.05) is 0 Å². The number of likely N-dealkylation sites (N-methyl/N-ethyl adjacent to an activating group) is 1. The molecule has 0 spiro atoms. The maximum atomic E-state index is 11.1. The topological polar surface area (TPSA) is 55.3 Å². The van der Waals surface area contributed by atoms with Crippen molar-refractivity contribution in [2.24, 2.45) is 0 Å². The molecule has 76 valence electrons. The molecule has 0 radical (unpaired) electrons. The Morgan fingerprint density at radius 3 is 2.50 bits per heavy atom. The van der Waals surface area contributed by atoms with Crippen LogP contribution in [0.3, 0.4) is 0 Å². The standard InChI is InChI=1S/C9H13N3O2/c1-7-10-4-8(5-11-7)14-6-9(13)12(2)3/h4-5H,6H2,1-3H3. The van der Waals surface area contributed by atoms with Crippen molar-refractivity contribution in [2.75, 3.05) is 20.7 Å². The Labute approximate surface area is 82.7 Å². The summed E-state index contributed by atoms with van der Waals surface area (Å²) in [7, 11) is 3.36. The molecule has 1 aromatic rings. The summed E-state index contributed by atoms with van der Waals surface area (Å²) in [5.41, 5.74) is 0. The summed E-state index contributed by atoms with van der Waals surface area (Å²) in [4.78, 5) is 20.5. The first-order valence-corrected chi connectivity index (χ1v) is 4.21. The Balaban J connectivity index is 2.46. The summed E-state index contributed by atoms with van der Waals surface area (Å²) in [6, 6.07) is 0. The van der Waals surface area contributed by atoms with Crippen molar-refractivity contribution in [3.8, 4) is 5.75 Å². The number of hydrogen-bond acceptors (Lipinski definition) is 4. The molecule has 0 aliphatic rings. The van der Waals surface area contributed by atoms with E-state index in [0.29, 0.717) is 11.6 Å². The van der Waals surface area contributed by atoms with Gasteiger partial charge in [-0.05, 0) is 6.92 Å². The van der Waals surface area contributed by atoms with Crippen LogP contribution in [0.2, 0.25) is 0 Å². The average molecular weight is 195 g/mol. The number of ether oxygens (including phenoxy) is 1. The monoisotopic (exact) mass is 195 g/mol. The summed E-state index contributed by atoms with van der Waals surface area (Å²) in [5.74, 6) is 1.09. The number of nitrogens with zero attached hydrogens (tertiary/aromatic N) is 3. The van der Waals surface area contributed by atoms with Crippen LogP contribution in [0.5, 0.6) is 5.75 Å². The van der Waals surface area contributed by atoms with Gasteiger partial charge in [-0.2, -0.15) is 0 Å². The second kappa shape index (κ2) is 4.55. The van der Waals surface area contributed by atoms with E-state index in [-0.39, 0.29) is 12.5 Å². The molecule has 1 heterocycles. The molecular weight excluding hydrogens is 182 g/mol. The molecule has 14 heavy (non-hydrogen) atoms. The highest BCUT2D eigenvalue weighted by Gasteiger charge is 2.04. The third kappa shape index (κ3) is 3.01. The van der Waals surface area contributed by atoms with Gasteiger partial charge in [0.1, 0.15) is 5.82 Å². The summed E-state index contributed by atoms with van der Waals surface area (Å²) in [5, 5.41) is 0. The molecule has 0 N–H and O–H groups in total. The van der Waals surface area contributed by atoms with Crippen molar-refractivity contribution in [2.45, 2.75) is 6.92 Å². The van der Waals surface area contributed by atoms with Crippen LogP contribution in [0, 0.1) is 6.92 Å². The first-order chi connectivity index (χ1) is 6.59. The zero-order valence-corrected chi connectivity index (χ0v) is 8.52. The van der Waals surface area contributed by atoms with E-state index in [0.717, 1.165) is 0 Å². The first kappa shape index (κ1) is 10.4. The molecule has 0 saturated heterocycles. The Morgan fingerprint density at radius 2 is 2.00 bits per heavy atom. The van der Waals surface area contributed by atoms with E-state index in [4.69, 9.17) is 4.74 Å². The summed E-state index contributed by atoms with van der Waals surface area (Å²) in [6.07, 6.45) is 3.09. The lowest BCUT2D eigenvalue weighted by Crippen LogP contribution is -2.27. The van der Waals surface area contributed by atoms with E-state index >= 15 is 0 Å². The Hall–Kier alpha value is -1.65. The summed E-state index contributed by atoms with van der Waals surface area (Å²) in [6.45, 7) is 1.80. The minimum Gasteiger partial charge on any atom is -0.481 e. The second-order valence-electron chi connectivity index (χ2n) is 3.04. The van der Waals surface area contributed by atoms with Crippen molar-refractivity contribution >= 4 is 5.91 Å². The molecule has 0 atom stereocenters. The van der Waals surface area contributed by atoms with E-state index in [1.807, 2.05) is 0 Å². The van der Waals surface area contributed by atoms with Gasteiger partial charge in [0.05, 0.1) is 12.4 Å². The van der Waals surface area contributed by atoms with Crippen LogP contribution in [0.1, 0.15) is 5.82 Å². The molecule has 0 aliphatic carbocycles. The van der Waals surface area contributed by atoms with Gasteiger partial charge in [0.2, 0.25) is 0 Å². The fourth-order valence-electron chi connectivity index (χ4n) is 0.729. The van der Waals surface area contributed by atoms with Crippen molar-refractivity contribution in [3.63, 3.8) is 0 Å². The molecular formula is C9H13N3O2. The molecule has 5 heteroatoms. The lowest BCUT2D eigenvalue weighted by Gasteiger charge is -2.10. The second-order valence-corrected chi connectivity index (χ2v) is 3.04. The van der Waals surface area contributed by atoms with Crippen molar-refractivity contribution in [3.05, 3.63) is 18.2 Å². The van der Waals surface area contributed by atoms with Crippen LogP contribution in [0.4, 0.5) is 0 Å². The van der Waals surface area contributed by atoms with Crippen LogP contribution in [-0.4, -0.2) is 41.5 Å². The van der Waals surface area contributed by atoms with Gasteiger partial charge >= 0.3 is 0 Å². The third-order valence-electron chi connectivity index (χ3n) is 1.62. The lowest BCUT2D eigenvalue weighted by molar-refractivity contribution is -0.130. The zero-order valence-electron chi connectivity index (χ0n) is 8.52. The molecule has 0 fully saturated rings. The van der Waals surface area contributed by atoms with Gasteiger partial charge in [0.15, 0.2) is 12.4 Å². The SMILES string of the molecule is Cc1ncc(OCC(=O)N(C)C)cn1. The molecule has 0 unspecified atom stereocenters. The number of aryl methyl sites for hydroxylation is 1. The fourth-order valence-corrected chi connectivity index (χ4v) is 0.729. The van der Waals surface area contributed by atoms with Crippen LogP contribution >= 0.6 is 0 Å². The zero-order chi connectivity index (χ0) is 10.6. The van der Waals surface area contributed by atoms with Crippen LogP contribution < -0.4 is 4.74 Å². The number of amides is 1. The van der Waals surface area contributed by atoms with Crippen molar-refractivity contribution < 1.29 is 9.53 Å². The number of hydrogen-bond donors (Lipinski definition) is 0. The normalized spacial score (nSPS) is 9.64. The molecule has 0 saturated carbocycles. The molecule has 0 bridgehead atoms. The predicted octanol–water partition coefficient (Wildman–Crippen LogP) is 0.252. The van der Waals surface area contributed by atoms with E-state index in [1.54, 1.807) is 33.4 Å². The summed E-state index contributed by atoms with van der Waals surface area (Å²) >= 11 is 0. The van der Waals surface area contributed by atoms with Gasteiger partial charge in [0, 0.05) is 14.1 Å². The third-order valence-corrected chi connectivity index (χ3v) is 1.62. The van der Waals surface area contributed by atoms with Crippen molar-refractivity contribution in [1.82, 2.24) is 14.9 Å². The molecule has 1 rings (SSSR count). The van der Waals surface area contributed by atoms with E-state index in [9.17, 15) is 4.79 Å². The Kier molecular flexibility index (Phi) is 3.39. The van der Waals surface area contributed by atoms with E-state index < -0.39 is 0 Å². The Morgan fingerprint density at radius 1 is 1.43 bits per heavy atom. The number of carbonyl (C=O) groups is 1. The molecule has 5 nitrogen and oxygen atoms in total. The van der Waals surface area contributed by atoms with Crippen molar-refractivity contribution in [1.29, 1.82) is 0 Å². The average Bonchev–Trinajstić information content (AvgIpc) is 2.16. The Bertz CT molecular complexity index is 308. The number of carbonyl (C=O) groups excluding carboxylic acids is 1. The largest absolute Gasteiger partial charge is 0.481 e. The highest BCUT2D eigenvalue weighted by molar-refractivity contribution is 5.77. The van der Waals surface area contributed by atoms with Gasteiger partial charge in [0.25, 0.3) is 5.91 Å². The highest BCUT2D eigenvalue weighted by atomic mass is 16.5. The predicted molar refractivity (Wildman–Crippen MR) is 51.0 cm³/mol. The fraction of sp³-hybridized carbons (Fsp3) is 0.444. The van der Waals surface area contributed by atoms with Gasteiger partial charge in [-0.25, -0.2) is 9.97 Å². The van der Waals surface area contributed by atoms with Gasteiger partial charge in [-0.3, -0.25) is 4.79 Å². The summed E-state index contributed by atoms with van der Waals surface area (Å²) < 4.78 is 5.17. The highest BCUT2D eigenvalue weighted by Crippen LogP contribution is 2.05. The number of aromatic nitrogens is 2. The number of rotatable bonds is 3. The quantitative estimate of drug-likeness (QED) is 0.693. The molecule has 0 aliphatic heterocycles. The molecule has 1 amide bonds. The minimum atomic E-state index is -0.0921. The smallest absolute Gasteiger partial charge is 0.259 e. The minimum absolute atomic E-state index is 0.0133. The van der Waals surface area contributed by atoms with Gasteiger partial charge in [-0.15, -0.1) is 0 Å². The maximum absolute atomic E-state index is 11.1. The first-order valence-electron chi connectivity index (χ1n) is 4.21.